The van der Waals surface area contributed by atoms with Gasteiger partial charge in [-0.2, -0.15) is 5.10 Å². The molecule has 0 spiro atoms. The molecule has 0 saturated heterocycles. The molecule has 0 bridgehead atoms. The van der Waals surface area contributed by atoms with Crippen LogP contribution < -0.4 is 4.90 Å². The van der Waals surface area contributed by atoms with Crippen molar-refractivity contribution in [3.8, 4) is 22.9 Å². The summed E-state index contributed by atoms with van der Waals surface area (Å²) in [5, 5.41) is 18.2. The lowest BCUT2D eigenvalue weighted by molar-refractivity contribution is -0.143. The molecule has 1 aromatic carbocycles. The first kappa shape index (κ1) is 23.6. The molecule has 1 saturated carbocycles. The van der Waals surface area contributed by atoms with Crippen molar-refractivity contribution in [1.29, 1.82) is 0 Å². The molecule has 1 aliphatic carbocycles. The largest absolute Gasteiger partial charge is 0.481 e. The predicted molar refractivity (Wildman–Crippen MR) is 126 cm³/mol. The first-order valence-corrected chi connectivity index (χ1v) is 11.6. The van der Waals surface area contributed by atoms with Crippen molar-refractivity contribution in [3.05, 3.63) is 66.1 Å². The first-order chi connectivity index (χ1) is 17.4. The van der Waals surface area contributed by atoms with Crippen molar-refractivity contribution in [2.45, 2.75) is 38.3 Å². The van der Waals surface area contributed by atoms with Gasteiger partial charge in [0.2, 0.25) is 0 Å². The molecule has 0 radical (unpaired) electrons. The third-order valence-electron chi connectivity index (χ3n) is 6.59. The molecule has 3 aromatic heterocycles. The number of aliphatic carboxylic acids is 1. The zero-order valence-corrected chi connectivity index (χ0v) is 19.5. The van der Waals surface area contributed by atoms with Crippen molar-refractivity contribution < 1.29 is 23.2 Å². The van der Waals surface area contributed by atoms with Gasteiger partial charge >= 0.3 is 5.97 Å². The summed E-state index contributed by atoms with van der Waals surface area (Å²) in [6.45, 7) is 0.116. The minimum atomic E-state index is -0.898. The van der Waals surface area contributed by atoms with Crippen LogP contribution in [0.4, 0.5) is 14.6 Å². The zero-order valence-electron chi connectivity index (χ0n) is 19.5. The van der Waals surface area contributed by atoms with E-state index in [1.165, 1.54) is 12.3 Å². The highest BCUT2D eigenvalue weighted by Crippen LogP contribution is 2.32. The summed E-state index contributed by atoms with van der Waals surface area (Å²) in [5.41, 5.74) is 1.78. The van der Waals surface area contributed by atoms with Crippen molar-refractivity contribution in [3.63, 3.8) is 0 Å². The molecule has 5 rings (SSSR count). The summed E-state index contributed by atoms with van der Waals surface area (Å²) < 4.78 is 35.7. The molecule has 3 heterocycles. The van der Waals surface area contributed by atoms with Crippen LogP contribution in [0, 0.1) is 17.6 Å². The van der Waals surface area contributed by atoms with Gasteiger partial charge in [-0.1, -0.05) is 36.2 Å². The van der Waals surface area contributed by atoms with E-state index in [2.05, 4.69) is 20.2 Å². The number of anilines is 1. The summed E-state index contributed by atoms with van der Waals surface area (Å²) in [4.78, 5) is 21.9. The topological polar surface area (TPSA) is 110 Å². The van der Waals surface area contributed by atoms with Crippen LogP contribution >= 0.6 is 0 Å². The van der Waals surface area contributed by atoms with E-state index in [0.29, 0.717) is 35.5 Å². The Morgan fingerprint density at radius 3 is 2.72 bits per heavy atom. The number of hydrogen-bond acceptors (Lipinski definition) is 7. The molecule has 4 aromatic rings. The van der Waals surface area contributed by atoms with E-state index >= 15 is 0 Å². The highest BCUT2D eigenvalue weighted by atomic mass is 19.1. The Bertz CT molecular complexity index is 1370. The van der Waals surface area contributed by atoms with Gasteiger partial charge in [-0.05, 0) is 25.0 Å². The van der Waals surface area contributed by atoms with E-state index < -0.39 is 23.7 Å². The molecule has 2 unspecified atom stereocenters. The molecular weight excluding hydrogens is 470 g/mol. The quantitative estimate of drug-likeness (QED) is 0.403. The SMILES string of the molecule is CN(c1nc(-c2cc(-c3ccon3)n(Cc3ccccc3F)n2)ncc1F)C1CCCCC1C(=O)O. The van der Waals surface area contributed by atoms with Gasteiger partial charge in [0.1, 0.15) is 23.5 Å². The number of halogens is 2. The Hall–Kier alpha value is -4.15. The second-order valence-corrected chi connectivity index (χ2v) is 8.82. The third kappa shape index (κ3) is 4.56. The van der Waals surface area contributed by atoms with Crippen LogP contribution in [0.3, 0.4) is 0 Å². The van der Waals surface area contributed by atoms with Gasteiger partial charge in [0.05, 0.1) is 24.4 Å². The molecule has 186 valence electrons. The van der Waals surface area contributed by atoms with Crippen molar-refractivity contribution in [1.82, 2.24) is 24.9 Å². The Balaban J connectivity index is 1.52. The molecule has 0 aliphatic heterocycles. The molecule has 1 fully saturated rings. The van der Waals surface area contributed by atoms with Crippen LogP contribution in [0.15, 0.2) is 53.4 Å². The van der Waals surface area contributed by atoms with Crippen LogP contribution in [0.1, 0.15) is 31.2 Å². The maximum atomic E-state index is 14.9. The van der Waals surface area contributed by atoms with Crippen molar-refractivity contribution in [2.24, 2.45) is 5.92 Å². The zero-order chi connectivity index (χ0) is 25.2. The lowest BCUT2D eigenvalue weighted by Gasteiger charge is -2.36. The first-order valence-electron chi connectivity index (χ1n) is 11.6. The third-order valence-corrected chi connectivity index (χ3v) is 6.59. The Morgan fingerprint density at radius 2 is 1.97 bits per heavy atom. The molecule has 1 aliphatic rings. The van der Waals surface area contributed by atoms with Crippen LogP contribution in [0.2, 0.25) is 0 Å². The highest BCUT2D eigenvalue weighted by molar-refractivity contribution is 5.72. The monoisotopic (exact) mass is 494 g/mol. The molecule has 36 heavy (non-hydrogen) atoms. The van der Waals surface area contributed by atoms with Gasteiger partial charge in [-0.3, -0.25) is 9.48 Å². The fourth-order valence-corrected chi connectivity index (χ4v) is 4.73. The lowest BCUT2D eigenvalue weighted by Crippen LogP contribution is -2.44. The Kier molecular flexibility index (Phi) is 6.45. The maximum absolute atomic E-state index is 14.9. The average Bonchev–Trinajstić information content (AvgIpc) is 3.55. The van der Waals surface area contributed by atoms with Crippen LogP contribution in [0.25, 0.3) is 22.9 Å². The van der Waals surface area contributed by atoms with E-state index in [1.54, 1.807) is 47.0 Å². The fraction of sp³-hybridized carbons (Fsp3) is 0.320. The Morgan fingerprint density at radius 1 is 1.17 bits per heavy atom. The van der Waals surface area contributed by atoms with Gasteiger partial charge in [0, 0.05) is 24.7 Å². The minimum Gasteiger partial charge on any atom is -0.481 e. The van der Waals surface area contributed by atoms with E-state index in [1.807, 2.05) is 0 Å². The average molecular weight is 495 g/mol. The fourth-order valence-electron chi connectivity index (χ4n) is 4.73. The highest BCUT2D eigenvalue weighted by Gasteiger charge is 2.35. The number of rotatable bonds is 7. The molecule has 11 heteroatoms. The summed E-state index contributed by atoms with van der Waals surface area (Å²) in [5.74, 6) is -2.38. The van der Waals surface area contributed by atoms with Gasteiger partial charge in [0.25, 0.3) is 0 Å². The number of hydrogen-bond donors (Lipinski definition) is 1. The van der Waals surface area contributed by atoms with Crippen LogP contribution in [0.5, 0.6) is 0 Å². The summed E-state index contributed by atoms with van der Waals surface area (Å²) in [6, 6.07) is 9.31. The molecule has 9 nitrogen and oxygen atoms in total. The summed E-state index contributed by atoms with van der Waals surface area (Å²) >= 11 is 0. The smallest absolute Gasteiger partial charge is 0.308 e. The second kappa shape index (κ2) is 9.84. The summed E-state index contributed by atoms with van der Waals surface area (Å²) in [6.07, 6.45) is 5.31. The normalized spacial score (nSPS) is 17.8. The number of benzene rings is 1. The van der Waals surface area contributed by atoms with Crippen molar-refractivity contribution >= 4 is 11.8 Å². The lowest BCUT2D eigenvalue weighted by atomic mass is 9.83. The molecule has 1 N–H and O–H groups in total. The van der Waals surface area contributed by atoms with Crippen molar-refractivity contribution in [2.75, 3.05) is 11.9 Å². The van der Waals surface area contributed by atoms with Gasteiger partial charge in [-0.15, -0.1) is 0 Å². The van der Waals surface area contributed by atoms with E-state index in [-0.39, 0.29) is 24.0 Å². The number of aromatic nitrogens is 5. The van der Waals surface area contributed by atoms with Crippen LogP contribution in [-0.2, 0) is 11.3 Å². The minimum absolute atomic E-state index is 0.00444. The molecule has 0 amide bonds. The molecule has 2 atom stereocenters. The second-order valence-electron chi connectivity index (χ2n) is 8.82. The predicted octanol–water partition coefficient (Wildman–Crippen LogP) is 4.40. The van der Waals surface area contributed by atoms with Gasteiger partial charge in [-0.25, -0.2) is 18.7 Å². The Labute approximate surface area is 205 Å². The van der Waals surface area contributed by atoms with E-state index in [0.717, 1.165) is 19.0 Å². The number of carboxylic acids is 1. The van der Waals surface area contributed by atoms with Gasteiger partial charge in [0.15, 0.2) is 17.5 Å². The number of carbonyl (C=O) groups is 1. The maximum Gasteiger partial charge on any atom is 0.308 e. The molecular formula is C25H24F2N6O3. The van der Waals surface area contributed by atoms with Gasteiger partial charge < -0.3 is 14.5 Å². The number of nitrogens with zero attached hydrogens (tertiary/aromatic N) is 6. The van der Waals surface area contributed by atoms with E-state index in [9.17, 15) is 18.7 Å². The number of carboxylic acid groups (broad SMARTS) is 1. The van der Waals surface area contributed by atoms with E-state index in [4.69, 9.17) is 4.52 Å². The standard InChI is InChI=1S/C25H24F2N6O3/c1-32(21-9-5-3-7-16(21)25(34)35)24-18(27)13-28-23(29-24)20-12-22(19-10-11-36-31-19)33(30-20)14-15-6-2-4-8-17(15)26/h2,4,6,8,10-13,16,21H,3,5,7,9,14H2,1H3,(H,34,35). The van der Waals surface area contributed by atoms with Crippen LogP contribution in [-0.4, -0.2) is 49.1 Å². The summed E-state index contributed by atoms with van der Waals surface area (Å²) in [7, 11) is 1.65.